The fourth-order valence-electron chi connectivity index (χ4n) is 2.33. The molecule has 0 fully saturated rings. The average molecular weight is 374 g/mol. The number of hydrogen-bond acceptors (Lipinski definition) is 3. The summed E-state index contributed by atoms with van der Waals surface area (Å²) in [5, 5.41) is 4.73. The van der Waals surface area contributed by atoms with Crippen LogP contribution >= 0.6 is 0 Å². The van der Waals surface area contributed by atoms with Crippen LogP contribution < -0.4 is 10.6 Å². The third-order valence-electron chi connectivity index (χ3n) is 3.56. The second-order valence-corrected chi connectivity index (χ2v) is 5.55. The summed E-state index contributed by atoms with van der Waals surface area (Å²) in [4.78, 5) is 24.2. The fraction of sp³-hybridized carbons (Fsp3) is 0.0526. The zero-order chi connectivity index (χ0) is 19.4. The van der Waals surface area contributed by atoms with Gasteiger partial charge in [-0.1, -0.05) is 18.2 Å². The molecule has 3 aromatic rings. The number of benzene rings is 2. The minimum Gasteiger partial charge on any atom is -0.459 e. The average Bonchev–Trinajstić information content (AvgIpc) is 3.16. The zero-order valence-electron chi connectivity index (χ0n) is 13.7. The lowest BCUT2D eigenvalue weighted by molar-refractivity contribution is -0.137. The Hall–Kier alpha value is -3.55. The van der Waals surface area contributed by atoms with Crippen LogP contribution in [0.5, 0.6) is 0 Å². The second-order valence-electron chi connectivity index (χ2n) is 5.55. The predicted molar refractivity (Wildman–Crippen MR) is 92.5 cm³/mol. The smallest absolute Gasteiger partial charge is 0.416 e. The molecule has 2 aromatic carbocycles. The summed E-state index contributed by atoms with van der Waals surface area (Å²) in [7, 11) is 0. The highest BCUT2D eigenvalue weighted by Crippen LogP contribution is 2.33. The maximum atomic E-state index is 13.2. The summed E-state index contributed by atoms with van der Waals surface area (Å²) in [6, 6.07) is 13.7. The van der Waals surface area contributed by atoms with Gasteiger partial charge in [0.05, 0.1) is 11.8 Å². The maximum absolute atomic E-state index is 13.2. The number of amides is 2. The van der Waals surface area contributed by atoms with E-state index in [1.54, 1.807) is 18.2 Å². The first kappa shape index (κ1) is 18.2. The third kappa shape index (κ3) is 4.55. The van der Waals surface area contributed by atoms with Gasteiger partial charge in [-0.2, -0.15) is 13.2 Å². The van der Waals surface area contributed by atoms with Gasteiger partial charge < -0.3 is 15.1 Å². The number of furan rings is 1. The van der Waals surface area contributed by atoms with E-state index in [0.717, 1.165) is 12.1 Å². The quantitative estimate of drug-likeness (QED) is 0.689. The molecule has 1 aromatic heterocycles. The lowest BCUT2D eigenvalue weighted by Crippen LogP contribution is -2.15. The molecule has 3 rings (SSSR count). The number of carbonyl (C=O) groups is 2. The highest BCUT2D eigenvalue weighted by Gasteiger charge is 2.31. The number of nitrogens with one attached hydrogen (secondary N) is 2. The minimum atomic E-state index is -4.66. The molecule has 1 heterocycles. The molecule has 27 heavy (non-hydrogen) atoms. The van der Waals surface area contributed by atoms with Crippen LogP contribution in [0.4, 0.5) is 24.5 Å². The normalized spacial score (nSPS) is 11.1. The van der Waals surface area contributed by atoms with E-state index in [0.29, 0.717) is 0 Å². The lowest BCUT2D eigenvalue weighted by atomic mass is 10.1. The highest BCUT2D eigenvalue weighted by molar-refractivity contribution is 6.05. The van der Waals surface area contributed by atoms with Gasteiger partial charge in [0, 0.05) is 16.9 Å². The molecular formula is C19H13F3N2O3. The topological polar surface area (TPSA) is 71.3 Å². The predicted octanol–water partition coefficient (Wildman–Crippen LogP) is 4.80. The molecule has 0 saturated carbocycles. The molecule has 2 N–H and O–H groups in total. The van der Waals surface area contributed by atoms with Crippen LogP contribution in [0.2, 0.25) is 0 Å². The standard InChI is InChI=1S/C19H13F3N2O3/c20-19(21,22)13-9-14(23-17(25)12-5-2-1-3-6-12)11-15(10-13)24-18(26)16-7-4-8-27-16/h1-11H,(H,23,25)(H,24,26). The van der Waals surface area contributed by atoms with E-state index in [4.69, 9.17) is 4.42 Å². The van der Waals surface area contributed by atoms with Crippen LogP contribution in [-0.2, 0) is 6.18 Å². The van der Waals surface area contributed by atoms with Crippen molar-refractivity contribution in [2.45, 2.75) is 6.18 Å². The molecule has 0 saturated heterocycles. The van der Waals surface area contributed by atoms with Crippen molar-refractivity contribution < 1.29 is 27.2 Å². The molecule has 0 aliphatic rings. The summed E-state index contributed by atoms with van der Waals surface area (Å²) < 4.78 is 44.4. The van der Waals surface area contributed by atoms with E-state index < -0.39 is 23.6 Å². The molecule has 0 unspecified atom stereocenters. The van der Waals surface area contributed by atoms with Crippen molar-refractivity contribution in [3.8, 4) is 0 Å². The second kappa shape index (κ2) is 7.36. The largest absolute Gasteiger partial charge is 0.459 e. The van der Waals surface area contributed by atoms with Crippen molar-refractivity contribution in [1.29, 1.82) is 0 Å². The number of rotatable bonds is 4. The maximum Gasteiger partial charge on any atom is 0.416 e. The van der Waals surface area contributed by atoms with Crippen molar-refractivity contribution in [2.75, 3.05) is 10.6 Å². The molecule has 8 heteroatoms. The Kier molecular flexibility index (Phi) is 4.98. The number of carbonyl (C=O) groups excluding carboxylic acids is 2. The molecule has 0 aliphatic carbocycles. The van der Waals surface area contributed by atoms with Gasteiger partial charge in [0.1, 0.15) is 0 Å². The third-order valence-corrected chi connectivity index (χ3v) is 3.56. The Morgan fingerprint density at radius 2 is 1.44 bits per heavy atom. The Balaban J connectivity index is 1.89. The first-order valence-electron chi connectivity index (χ1n) is 7.76. The molecule has 138 valence electrons. The van der Waals surface area contributed by atoms with Crippen LogP contribution in [0.1, 0.15) is 26.5 Å². The summed E-state index contributed by atoms with van der Waals surface area (Å²) in [6.45, 7) is 0. The van der Waals surface area contributed by atoms with Crippen molar-refractivity contribution in [2.24, 2.45) is 0 Å². The highest BCUT2D eigenvalue weighted by atomic mass is 19.4. The summed E-state index contributed by atoms with van der Waals surface area (Å²) >= 11 is 0. The van der Waals surface area contributed by atoms with Gasteiger partial charge in [0.2, 0.25) is 0 Å². The molecule has 0 atom stereocenters. The summed E-state index contributed by atoms with van der Waals surface area (Å²) in [5.41, 5.74) is -0.956. The molecule has 0 bridgehead atoms. The van der Waals surface area contributed by atoms with Crippen LogP contribution in [0.25, 0.3) is 0 Å². The van der Waals surface area contributed by atoms with Gasteiger partial charge in [-0.05, 0) is 42.5 Å². The monoisotopic (exact) mass is 374 g/mol. The van der Waals surface area contributed by atoms with Gasteiger partial charge in [-0.25, -0.2) is 0 Å². The SMILES string of the molecule is O=C(Nc1cc(NC(=O)c2ccco2)cc(C(F)(F)F)c1)c1ccccc1. The number of alkyl halides is 3. The van der Waals surface area contributed by atoms with E-state index >= 15 is 0 Å². The van der Waals surface area contributed by atoms with Crippen molar-refractivity contribution in [3.63, 3.8) is 0 Å². The van der Waals surface area contributed by atoms with Gasteiger partial charge in [0.15, 0.2) is 5.76 Å². The van der Waals surface area contributed by atoms with E-state index in [1.165, 1.54) is 36.6 Å². The van der Waals surface area contributed by atoms with Gasteiger partial charge in [-0.15, -0.1) is 0 Å². The van der Waals surface area contributed by atoms with Crippen LogP contribution in [-0.4, -0.2) is 11.8 Å². The fourth-order valence-corrected chi connectivity index (χ4v) is 2.33. The molecule has 5 nitrogen and oxygen atoms in total. The molecular weight excluding hydrogens is 361 g/mol. The molecule has 2 amide bonds. The van der Waals surface area contributed by atoms with Crippen LogP contribution in [0.15, 0.2) is 71.3 Å². The number of hydrogen-bond donors (Lipinski definition) is 2. The van der Waals surface area contributed by atoms with Crippen molar-refractivity contribution in [1.82, 2.24) is 0 Å². The Morgan fingerprint density at radius 1 is 0.815 bits per heavy atom. The first-order chi connectivity index (χ1) is 12.8. The van der Waals surface area contributed by atoms with Crippen molar-refractivity contribution >= 4 is 23.2 Å². The van der Waals surface area contributed by atoms with Crippen LogP contribution in [0.3, 0.4) is 0 Å². The van der Waals surface area contributed by atoms with E-state index in [1.807, 2.05) is 0 Å². The van der Waals surface area contributed by atoms with Crippen LogP contribution in [0, 0.1) is 0 Å². The lowest BCUT2D eigenvalue weighted by Gasteiger charge is -2.13. The Labute approximate surface area is 151 Å². The summed E-state index contributed by atoms with van der Waals surface area (Å²) in [6.07, 6.45) is -3.38. The molecule has 0 radical (unpaired) electrons. The summed E-state index contributed by atoms with van der Waals surface area (Å²) in [5.74, 6) is -1.33. The van der Waals surface area contributed by atoms with Gasteiger partial charge >= 0.3 is 6.18 Å². The minimum absolute atomic E-state index is 0.0534. The number of halogens is 3. The Morgan fingerprint density at radius 3 is 2.00 bits per heavy atom. The van der Waals surface area contributed by atoms with E-state index in [9.17, 15) is 22.8 Å². The molecule has 0 aliphatic heterocycles. The van der Waals surface area contributed by atoms with E-state index in [-0.39, 0.29) is 22.7 Å². The number of anilines is 2. The molecule has 0 spiro atoms. The van der Waals surface area contributed by atoms with Gasteiger partial charge in [0.25, 0.3) is 11.8 Å². The van der Waals surface area contributed by atoms with Gasteiger partial charge in [-0.3, -0.25) is 9.59 Å². The van der Waals surface area contributed by atoms with Crippen molar-refractivity contribution in [3.05, 3.63) is 83.8 Å². The van der Waals surface area contributed by atoms with E-state index in [2.05, 4.69) is 10.6 Å². The Bertz CT molecular complexity index is 952. The first-order valence-corrected chi connectivity index (χ1v) is 7.76. The zero-order valence-corrected chi connectivity index (χ0v) is 13.7.